The van der Waals surface area contributed by atoms with E-state index in [0.29, 0.717) is 6.04 Å². The van der Waals surface area contributed by atoms with Gasteiger partial charge in [-0.05, 0) is 44.7 Å². The first-order chi connectivity index (χ1) is 10.2. The molecule has 1 aliphatic carbocycles. The zero-order valence-corrected chi connectivity index (χ0v) is 16.1. The van der Waals surface area contributed by atoms with Crippen molar-refractivity contribution in [1.29, 1.82) is 0 Å². The van der Waals surface area contributed by atoms with Crippen molar-refractivity contribution in [3.8, 4) is 0 Å². The fraction of sp³-hybridized carbons (Fsp3) is 0.706. The summed E-state index contributed by atoms with van der Waals surface area (Å²) in [5.74, 6) is 2.72. The molecular weight excluding hydrogens is 389 g/mol. The van der Waals surface area contributed by atoms with E-state index in [4.69, 9.17) is 9.41 Å². The van der Waals surface area contributed by atoms with Crippen molar-refractivity contribution in [2.24, 2.45) is 10.9 Å². The van der Waals surface area contributed by atoms with Crippen molar-refractivity contribution in [2.45, 2.75) is 58.4 Å². The largest absolute Gasteiger partial charge is 0.469 e. The predicted octanol–water partition coefficient (Wildman–Crippen LogP) is 3.96. The summed E-state index contributed by atoms with van der Waals surface area (Å²) in [5.41, 5.74) is 0. The van der Waals surface area contributed by atoms with E-state index in [1.54, 1.807) is 6.26 Å². The first kappa shape index (κ1) is 19.3. The van der Waals surface area contributed by atoms with Crippen LogP contribution in [-0.4, -0.2) is 25.1 Å². The molecule has 0 aliphatic heterocycles. The average molecular weight is 419 g/mol. The molecule has 1 saturated carbocycles. The van der Waals surface area contributed by atoms with Gasteiger partial charge in [0, 0.05) is 25.6 Å². The van der Waals surface area contributed by atoms with Crippen LogP contribution in [0.3, 0.4) is 0 Å². The molecule has 1 aromatic rings. The molecule has 0 spiro atoms. The van der Waals surface area contributed by atoms with Crippen molar-refractivity contribution in [2.75, 3.05) is 13.1 Å². The SMILES string of the molecule is CC(C)NC(=NCC1CCCCC1)NCCc1ccco1.I. The van der Waals surface area contributed by atoms with Gasteiger partial charge in [-0.2, -0.15) is 0 Å². The monoisotopic (exact) mass is 419 g/mol. The number of hydrogen-bond acceptors (Lipinski definition) is 2. The lowest BCUT2D eigenvalue weighted by molar-refractivity contribution is 0.366. The molecule has 0 saturated heterocycles. The third kappa shape index (κ3) is 7.51. The molecule has 1 aliphatic rings. The molecule has 0 aromatic carbocycles. The van der Waals surface area contributed by atoms with E-state index in [1.165, 1.54) is 32.1 Å². The van der Waals surface area contributed by atoms with E-state index >= 15 is 0 Å². The highest BCUT2D eigenvalue weighted by Gasteiger charge is 2.13. The predicted molar refractivity (Wildman–Crippen MR) is 103 cm³/mol. The van der Waals surface area contributed by atoms with Crippen molar-refractivity contribution < 1.29 is 4.42 Å². The Balaban J connectivity index is 0.00000242. The first-order valence-electron chi connectivity index (χ1n) is 8.31. The van der Waals surface area contributed by atoms with Gasteiger partial charge in [0.15, 0.2) is 5.96 Å². The third-order valence-electron chi connectivity index (χ3n) is 3.90. The van der Waals surface area contributed by atoms with E-state index < -0.39 is 0 Å². The molecule has 0 unspecified atom stereocenters. The minimum atomic E-state index is 0. The maximum absolute atomic E-state index is 5.35. The lowest BCUT2D eigenvalue weighted by Gasteiger charge is -2.21. The molecule has 2 rings (SSSR count). The Morgan fingerprint density at radius 3 is 2.73 bits per heavy atom. The fourth-order valence-corrected chi connectivity index (χ4v) is 2.78. The minimum absolute atomic E-state index is 0. The number of halogens is 1. The van der Waals surface area contributed by atoms with Gasteiger partial charge in [0.05, 0.1) is 6.26 Å². The van der Waals surface area contributed by atoms with Crippen LogP contribution in [0.25, 0.3) is 0 Å². The lowest BCUT2D eigenvalue weighted by atomic mass is 9.89. The van der Waals surface area contributed by atoms with Gasteiger partial charge in [0.2, 0.25) is 0 Å². The van der Waals surface area contributed by atoms with Crippen LogP contribution < -0.4 is 10.6 Å². The zero-order valence-electron chi connectivity index (χ0n) is 13.8. The molecule has 2 N–H and O–H groups in total. The van der Waals surface area contributed by atoms with Gasteiger partial charge in [0.1, 0.15) is 5.76 Å². The summed E-state index contributed by atoms with van der Waals surface area (Å²) in [4.78, 5) is 4.77. The summed E-state index contributed by atoms with van der Waals surface area (Å²) in [6, 6.07) is 4.34. The van der Waals surface area contributed by atoms with Crippen molar-refractivity contribution in [1.82, 2.24) is 10.6 Å². The van der Waals surface area contributed by atoms with Crippen LogP contribution in [0.1, 0.15) is 51.7 Å². The Kier molecular flexibility index (Phi) is 9.59. The highest BCUT2D eigenvalue weighted by Crippen LogP contribution is 2.23. The van der Waals surface area contributed by atoms with E-state index in [-0.39, 0.29) is 24.0 Å². The Morgan fingerprint density at radius 1 is 1.32 bits per heavy atom. The molecule has 1 heterocycles. The Hall–Kier alpha value is -0.720. The summed E-state index contributed by atoms with van der Waals surface area (Å²) in [7, 11) is 0. The number of guanidine groups is 1. The van der Waals surface area contributed by atoms with Gasteiger partial charge < -0.3 is 15.1 Å². The van der Waals surface area contributed by atoms with Crippen LogP contribution in [-0.2, 0) is 6.42 Å². The Labute approximate surface area is 151 Å². The number of nitrogens with one attached hydrogen (secondary N) is 2. The second-order valence-electron chi connectivity index (χ2n) is 6.25. The van der Waals surface area contributed by atoms with Crippen LogP contribution in [0.15, 0.2) is 27.8 Å². The fourth-order valence-electron chi connectivity index (χ4n) is 2.78. The molecule has 0 amide bonds. The number of furan rings is 1. The summed E-state index contributed by atoms with van der Waals surface area (Å²) in [6.07, 6.45) is 9.43. The number of aliphatic imine (C=N–C) groups is 1. The maximum atomic E-state index is 5.35. The number of hydrogen-bond donors (Lipinski definition) is 2. The molecule has 1 aromatic heterocycles. The summed E-state index contributed by atoms with van der Waals surface area (Å²) in [5, 5.41) is 6.82. The molecule has 22 heavy (non-hydrogen) atoms. The van der Waals surface area contributed by atoms with Gasteiger partial charge in [-0.15, -0.1) is 24.0 Å². The van der Waals surface area contributed by atoms with Gasteiger partial charge >= 0.3 is 0 Å². The van der Waals surface area contributed by atoms with Gasteiger partial charge in [-0.1, -0.05) is 19.3 Å². The van der Waals surface area contributed by atoms with Crippen LogP contribution >= 0.6 is 24.0 Å². The molecule has 0 radical (unpaired) electrons. The van der Waals surface area contributed by atoms with Crippen LogP contribution in [0.4, 0.5) is 0 Å². The zero-order chi connectivity index (χ0) is 14.9. The van der Waals surface area contributed by atoms with Crippen molar-refractivity contribution in [3.05, 3.63) is 24.2 Å². The second kappa shape index (κ2) is 10.9. The van der Waals surface area contributed by atoms with Crippen molar-refractivity contribution >= 4 is 29.9 Å². The normalized spacial score (nSPS) is 16.4. The molecule has 126 valence electrons. The smallest absolute Gasteiger partial charge is 0.191 e. The summed E-state index contributed by atoms with van der Waals surface area (Å²) >= 11 is 0. The highest BCUT2D eigenvalue weighted by atomic mass is 127. The molecular formula is C17H30IN3O. The number of rotatable bonds is 6. The Bertz CT molecular complexity index is 412. The summed E-state index contributed by atoms with van der Waals surface area (Å²) < 4.78 is 5.35. The van der Waals surface area contributed by atoms with E-state index in [2.05, 4.69) is 24.5 Å². The van der Waals surface area contributed by atoms with Crippen LogP contribution in [0, 0.1) is 5.92 Å². The maximum Gasteiger partial charge on any atom is 0.191 e. The quantitative estimate of drug-likeness (QED) is 0.417. The average Bonchev–Trinajstić information content (AvgIpc) is 2.98. The first-order valence-corrected chi connectivity index (χ1v) is 8.31. The minimum Gasteiger partial charge on any atom is -0.469 e. The number of nitrogens with zero attached hydrogens (tertiary/aromatic N) is 1. The topological polar surface area (TPSA) is 49.6 Å². The molecule has 5 heteroatoms. The standard InChI is InChI=1S/C17H29N3O.HI/c1-14(2)20-17(18-11-10-16-9-6-12-21-16)19-13-15-7-4-3-5-8-15;/h6,9,12,14-15H,3-5,7-8,10-11,13H2,1-2H3,(H2,18,19,20);1H. The van der Waals surface area contributed by atoms with Gasteiger partial charge in [-0.25, -0.2) is 0 Å². The lowest BCUT2D eigenvalue weighted by Crippen LogP contribution is -2.42. The Morgan fingerprint density at radius 2 is 2.09 bits per heavy atom. The molecule has 0 bridgehead atoms. The molecule has 0 atom stereocenters. The van der Waals surface area contributed by atoms with E-state index in [1.807, 2.05) is 12.1 Å². The van der Waals surface area contributed by atoms with Crippen molar-refractivity contribution in [3.63, 3.8) is 0 Å². The van der Waals surface area contributed by atoms with Crippen LogP contribution in [0.2, 0.25) is 0 Å². The molecule has 1 fully saturated rings. The third-order valence-corrected chi connectivity index (χ3v) is 3.90. The summed E-state index contributed by atoms with van der Waals surface area (Å²) in [6.45, 7) is 6.08. The van der Waals surface area contributed by atoms with Crippen LogP contribution in [0.5, 0.6) is 0 Å². The van der Waals surface area contributed by atoms with E-state index in [9.17, 15) is 0 Å². The van der Waals surface area contributed by atoms with Gasteiger partial charge in [0.25, 0.3) is 0 Å². The van der Waals surface area contributed by atoms with Gasteiger partial charge in [-0.3, -0.25) is 4.99 Å². The highest BCUT2D eigenvalue weighted by molar-refractivity contribution is 14.0. The van der Waals surface area contributed by atoms with E-state index in [0.717, 1.165) is 37.1 Å². The molecule has 4 nitrogen and oxygen atoms in total. The second-order valence-corrected chi connectivity index (χ2v) is 6.25.